The Kier molecular flexibility index (Phi) is 7.43. The van der Waals surface area contributed by atoms with Gasteiger partial charge in [0, 0.05) is 23.0 Å². The van der Waals surface area contributed by atoms with Crippen molar-refractivity contribution in [2.24, 2.45) is 0 Å². The van der Waals surface area contributed by atoms with E-state index in [0.29, 0.717) is 18.3 Å². The van der Waals surface area contributed by atoms with Gasteiger partial charge in [0.1, 0.15) is 11.6 Å². The molecule has 7 nitrogen and oxygen atoms in total. The number of benzene rings is 1. The summed E-state index contributed by atoms with van der Waals surface area (Å²) < 4.78 is 10.7. The van der Waals surface area contributed by atoms with Crippen LogP contribution < -0.4 is 10.6 Å². The van der Waals surface area contributed by atoms with Crippen molar-refractivity contribution in [3.63, 3.8) is 0 Å². The molecule has 0 bridgehead atoms. The number of oxazole rings is 1. The minimum atomic E-state index is 0. The van der Waals surface area contributed by atoms with E-state index in [1.165, 1.54) is 6.39 Å². The van der Waals surface area contributed by atoms with E-state index in [4.69, 9.17) is 8.83 Å². The quantitative estimate of drug-likeness (QED) is 0.441. The zero-order valence-electron chi connectivity index (χ0n) is 15.0. The summed E-state index contributed by atoms with van der Waals surface area (Å²) in [5.74, 6) is 2.81. The normalized spacial score (nSPS) is 9.89. The highest BCUT2D eigenvalue weighted by atomic mass is 35.5. The highest BCUT2D eigenvalue weighted by Crippen LogP contribution is 2.24. The number of furan rings is 1. The molecule has 0 aliphatic heterocycles. The lowest BCUT2D eigenvalue weighted by molar-refractivity contribution is 0.517. The number of nitrogens with zero attached hydrogens (tertiary/aromatic N) is 3. The molecule has 0 amide bonds. The molecular formula is C19H19Cl2N5O2. The summed E-state index contributed by atoms with van der Waals surface area (Å²) in [7, 11) is 0. The van der Waals surface area contributed by atoms with Gasteiger partial charge in [0.25, 0.3) is 0 Å². The number of rotatable bonds is 6. The summed E-state index contributed by atoms with van der Waals surface area (Å²) in [6.45, 7) is 2.52. The molecule has 0 saturated heterocycles. The number of aromatic nitrogens is 3. The predicted octanol–water partition coefficient (Wildman–Crippen LogP) is 5.23. The van der Waals surface area contributed by atoms with Crippen molar-refractivity contribution in [3.8, 4) is 11.3 Å². The van der Waals surface area contributed by atoms with Gasteiger partial charge in [-0.1, -0.05) is 12.1 Å². The van der Waals surface area contributed by atoms with Gasteiger partial charge in [-0.2, -0.15) is 4.98 Å². The lowest BCUT2D eigenvalue weighted by Gasteiger charge is -2.10. The van der Waals surface area contributed by atoms with Gasteiger partial charge in [0.15, 0.2) is 12.2 Å². The number of halogens is 2. The van der Waals surface area contributed by atoms with Crippen LogP contribution in [0.15, 0.2) is 70.3 Å². The van der Waals surface area contributed by atoms with Crippen molar-refractivity contribution < 1.29 is 8.83 Å². The molecule has 0 unspecified atom stereocenters. The first-order valence-electron chi connectivity index (χ1n) is 8.14. The molecule has 0 saturated carbocycles. The van der Waals surface area contributed by atoms with Crippen LogP contribution in [0, 0.1) is 6.92 Å². The number of hydrogen-bond donors (Lipinski definition) is 2. The third-order valence-electron chi connectivity index (χ3n) is 3.82. The molecule has 4 rings (SSSR count). The van der Waals surface area contributed by atoms with E-state index >= 15 is 0 Å². The molecule has 0 aliphatic carbocycles. The van der Waals surface area contributed by atoms with Crippen LogP contribution in [-0.4, -0.2) is 15.0 Å². The minimum Gasteiger partial charge on any atom is -0.467 e. The van der Waals surface area contributed by atoms with Gasteiger partial charge in [0.2, 0.25) is 5.95 Å². The second-order valence-corrected chi connectivity index (χ2v) is 5.73. The van der Waals surface area contributed by atoms with E-state index < -0.39 is 0 Å². The first-order chi connectivity index (χ1) is 12.8. The monoisotopic (exact) mass is 419 g/mol. The Labute approximate surface area is 174 Å². The molecule has 0 aliphatic rings. The van der Waals surface area contributed by atoms with E-state index in [9.17, 15) is 0 Å². The maximum Gasteiger partial charge on any atom is 0.229 e. The molecule has 0 spiro atoms. The highest BCUT2D eigenvalue weighted by molar-refractivity contribution is 5.85. The molecule has 28 heavy (non-hydrogen) atoms. The van der Waals surface area contributed by atoms with Crippen LogP contribution in [0.5, 0.6) is 0 Å². The van der Waals surface area contributed by atoms with Crippen LogP contribution in [-0.2, 0) is 6.54 Å². The standard InChI is InChI=1S/C19H17N5O2.2ClH/c1-13-9-22-19(24-18(13)21-10-16-6-3-7-25-16)23-15-5-2-4-14(8-15)17-11-20-12-26-17;;/h2-9,11-12H,10H2,1H3,(H2,21,22,23,24);2*1H. The third-order valence-corrected chi connectivity index (χ3v) is 3.82. The fourth-order valence-corrected chi connectivity index (χ4v) is 2.50. The van der Waals surface area contributed by atoms with Crippen molar-refractivity contribution in [3.05, 3.63) is 72.8 Å². The largest absolute Gasteiger partial charge is 0.467 e. The minimum absolute atomic E-state index is 0. The average molecular weight is 420 g/mol. The maximum absolute atomic E-state index is 5.34. The van der Waals surface area contributed by atoms with Crippen LogP contribution in [0.3, 0.4) is 0 Å². The molecule has 4 aromatic rings. The smallest absolute Gasteiger partial charge is 0.229 e. The van der Waals surface area contributed by atoms with Crippen LogP contribution in [0.1, 0.15) is 11.3 Å². The van der Waals surface area contributed by atoms with Gasteiger partial charge < -0.3 is 19.5 Å². The van der Waals surface area contributed by atoms with Crippen LogP contribution in [0.2, 0.25) is 0 Å². The summed E-state index contributed by atoms with van der Waals surface area (Å²) in [5.41, 5.74) is 2.74. The lowest BCUT2D eigenvalue weighted by Crippen LogP contribution is -2.06. The first-order valence-corrected chi connectivity index (χ1v) is 8.14. The second kappa shape index (κ2) is 9.77. The molecule has 3 aromatic heterocycles. The van der Waals surface area contributed by atoms with Gasteiger partial charge in [-0.3, -0.25) is 0 Å². The Morgan fingerprint density at radius 2 is 1.93 bits per heavy atom. The van der Waals surface area contributed by atoms with Gasteiger partial charge in [-0.15, -0.1) is 24.8 Å². The van der Waals surface area contributed by atoms with Gasteiger partial charge >= 0.3 is 0 Å². The van der Waals surface area contributed by atoms with E-state index in [0.717, 1.165) is 28.4 Å². The number of hydrogen-bond acceptors (Lipinski definition) is 7. The van der Waals surface area contributed by atoms with E-state index in [1.54, 1.807) is 18.7 Å². The Morgan fingerprint density at radius 3 is 2.68 bits per heavy atom. The molecule has 0 radical (unpaired) electrons. The van der Waals surface area contributed by atoms with Crippen molar-refractivity contribution in [2.45, 2.75) is 13.5 Å². The molecule has 0 fully saturated rings. The van der Waals surface area contributed by atoms with Crippen molar-refractivity contribution in [1.82, 2.24) is 15.0 Å². The van der Waals surface area contributed by atoms with Crippen molar-refractivity contribution in [2.75, 3.05) is 10.6 Å². The van der Waals surface area contributed by atoms with E-state index in [-0.39, 0.29) is 24.8 Å². The number of nitrogens with one attached hydrogen (secondary N) is 2. The molecule has 0 atom stereocenters. The summed E-state index contributed by atoms with van der Waals surface area (Å²) in [6, 6.07) is 11.6. The molecule has 146 valence electrons. The van der Waals surface area contributed by atoms with E-state index in [1.807, 2.05) is 43.3 Å². The van der Waals surface area contributed by atoms with Crippen LogP contribution in [0.25, 0.3) is 11.3 Å². The molecule has 9 heteroatoms. The van der Waals surface area contributed by atoms with E-state index in [2.05, 4.69) is 25.6 Å². The Bertz CT molecular complexity index is 992. The van der Waals surface area contributed by atoms with Crippen LogP contribution >= 0.6 is 24.8 Å². The summed E-state index contributed by atoms with van der Waals surface area (Å²) in [5, 5.41) is 6.49. The fraction of sp³-hybridized carbons (Fsp3) is 0.105. The van der Waals surface area contributed by atoms with Gasteiger partial charge in [-0.25, -0.2) is 9.97 Å². The van der Waals surface area contributed by atoms with Gasteiger partial charge in [0.05, 0.1) is 19.0 Å². The zero-order chi connectivity index (χ0) is 17.8. The number of aryl methyl sites for hydroxylation is 1. The Balaban J connectivity index is 0.00000140. The fourth-order valence-electron chi connectivity index (χ4n) is 2.50. The second-order valence-electron chi connectivity index (χ2n) is 5.73. The van der Waals surface area contributed by atoms with Crippen LogP contribution in [0.4, 0.5) is 17.5 Å². The summed E-state index contributed by atoms with van der Waals surface area (Å²) in [6.07, 6.45) is 6.52. The average Bonchev–Trinajstić information content (AvgIpc) is 3.36. The topological polar surface area (TPSA) is 89.0 Å². The predicted molar refractivity (Wildman–Crippen MR) is 113 cm³/mol. The maximum atomic E-state index is 5.34. The van der Waals surface area contributed by atoms with Crippen molar-refractivity contribution in [1.29, 1.82) is 0 Å². The van der Waals surface area contributed by atoms with Crippen molar-refractivity contribution >= 4 is 42.3 Å². The molecule has 2 N–H and O–H groups in total. The molecular weight excluding hydrogens is 401 g/mol. The zero-order valence-corrected chi connectivity index (χ0v) is 16.6. The molecule has 3 heterocycles. The Morgan fingerprint density at radius 1 is 1.04 bits per heavy atom. The number of anilines is 3. The summed E-state index contributed by atoms with van der Waals surface area (Å²) in [4.78, 5) is 12.8. The molecule has 1 aromatic carbocycles. The summed E-state index contributed by atoms with van der Waals surface area (Å²) >= 11 is 0. The highest BCUT2D eigenvalue weighted by Gasteiger charge is 2.07. The Hall–Kier alpha value is -3.03. The third kappa shape index (κ3) is 5.03. The SMILES string of the molecule is Cc1cnc(Nc2cccc(-c3cnco3)c2)nc1NCc1ccco1.Cl.Cl. The first kappa shape index (κ1) is 21.3. The lowest BCUT2D eigenvalue weighted by atomic mass is 10.1. The van der Waals surface area contributed by atoms with Gasteiger partial charge in [-0.05, 0) is 31.2 Å².